The summed E-state index contributed by atoms with van der Waals surface area (Å²) < 4.78 is 0. The third-order valence-electron chi connectivity index (χ3n) is 3.98. The van der Waals surface area contributed by atoms with E-state index in [1.54, 1.807) is 0 Å². The van der Waals surface area contributed by atoms with Crippen LogP contribution in [0, 0.1) is 0 Å². The van der Waals surface area contributed by atoms with Gasteiger partial charge in [-0.25, -0.2) is 4.98 Å². The Kier molecular flexibility index (Phi) is 4.97. The molecule has 2 rings (SSSR count). The average molecular weight is 276 g/mol. The number of hydrogen-bond donors (Lipinski definition) is 1. The highest BCUT2D eigenvalue weighted by atomic mass is 15.2. The first-order chi connectivity index (χ1) is 9.46. The molecule has 0 amide bonds. The first-order valence-corrected chi connectivity index (χ1v) is 7.74. The molecule has 112 valence electrons. The van der Waals surface area contributed by atoms with Crippen LogP contribution in [0.25, 0.3) is 0 Å². The molecule has 1 aromatic heterocycles. The van der Waals surface area contributed by atoms with Gasteiger partial charge in [0, 0.05) is 25.2 Å². The van der Waals surface area contributed by atoms with Crippen LogP contribution in [0.1, 0.15) is 58.6 Å². The molecule has 1 N–H and O–H groups in total. The van der Waals surface area contributed by atoms with Gasteiger partial charge in [-0.2, -0.15) is 0 Å². The maximum atomic E-state index is 4.58. The van der Waals surface area contributed by atoms with E-state index >= 15 is 0 Å². The van der Waals surface area contributed by atoms with Gasteiger partial charge in [0.15, 0.2) is 0 Å². The van der Waals surface area contributed by atoms with Crippen molar-refractivity contribution in [2.45, 2.75) is 71.0 Å². The second-order valence-corrected chi connectivity index (χ2v) is 6.87. The van der Waals surface area contributed by atoms with E-state index in [0.717, 1.165) is 18.1 Å². The number of nitrogens with zero attached hydrogens (tertiary/aromatic N) is 3. The standard InChI is InChI=1S/C16H28N4/c1-16(2,3)19-11-13-10-18-15(12-17-13)20(4)14-8-6-5-7-9-14/h10,12,14,19H,5-9,11H2,1-4H3. The molecule has 1 heterocycles. The predicted molar refractivity (Wildman–Crippen MR) is 83.9 cm³/mol. The number of nitrogens with one attached hydrogen (secondary N) is 1. The molecular weight excluding hydrogens is 248 g/mol. The number of hydrogen-bond acceptors (Lipinski definition) is 4. The summed E-state index contributed by atoms with van der Waals surface area (Å²) in [6.45, 7) is 7.24. The normalized spacial score (nSPS) is 17.2. The van der Waals surface area contributed by atoms with Crippen LogP contribution in [0.5, 0.6) is 0 Å². The lowest BCUT2D eigenvalue weighted by Crippen LogP contribution is -2.35. The van der Waals surface area contributed by atoms with Gasteiger partial charge in [-0.1, -0.05) is 19.3 Å². The van der Waals surface area contributed by atoms with E-state index in [1.165, 1.54) is 32.1 Å². The molecule has 1 saturated carbocycles. The quantitative estimate of drug-likeness (QED) is 0.917. The summed E-state index contributed by atoms with van der Waals surface area (Å²) >= 11 is 0. The zero-order valence-corrected chi connectivity index (χ0v) is 13.3. The SMILES string of the molecule is CN(c1cnc(CNC(C)(C)C)cn1)C1CCCCC1. The highest BCUT2D eigenvalue weighted by Crippen LogP contribution is 2.24. The van der Waals surface area contributed by atoms with E-state index in [9.17, 15) is 0 Å². The fourth-order valence-electron chi connectivity index (χ4n) is 2.63. The number of aromatic nitrogens is 2. The molecule has 0 aromatic carbocycles. The van der Waals surface area contributed by atoms with E-state index in [1.807, 2.05) is 12.4 Å². The highest BCUT2D eigenvalue weighted by molar-refractivity contribution is 5.36. The third-order valence-corrected chi connectivity index (χ3v) is 3.98. The van der Waals surface area contributed by atoms with E-state index in [0.29, 0.717) is 6.04 Å². The van der Waals surface area contributed by atoms with Crippen molar-refractivity contribution in [3.8, 4) is 0 Å². The predicted octanol–water partition coefficient (Wildman–Crippen LogP) is 3.13. The van der Waals surface area contributed by atoms with Gasteiger partial charge in [-0.3, -0.25) is 4.98 Å². The zero-order valence-electron chi connectivity index (χ0n) is 13.3. The fourth-order valence-corrected chi connectivity index (χ4v) is 2.63. The van der Waals surface area contributed by atoms with E-state index < -0.39 is 0 Å². The molecule has 0 saturated heterocycles. The van der Waals surface area contributed by atoms with Crippen molar-refractivity contribution in [1.29, 1.82) is 0 Å². The molecule has 1 aromatic rings. The van der Waals surface area contributed by atoms with Crippen molar-refractivity contribution in [2.24, 2.45) is 0 Å². The Morgan fingerprint density at radius 3 is 2.40 bits per heavy atom. The lowest BCUT2D eigenvalue weighted by Gasteiger charge is -2.31. The Morgan fingerprint density at radius 2 is 1.85 bits per heavy atom. The summed E-state index contributed by atoms with van der Waals surface area (Å²) in [6, 6.07) is 0.636. The Morgan fingerprint density at radius 1 is 1.15 bits per heavy atom. The van der Waals surface area contributed by atoms with Crippen LogP contribution in [0.4, 0.5) is 5.82 Å². The molecule has 1 aliphatic carbocycles. The second-order valence-electron chi connectivity index (χ2n) is 6.87. The Labute approximate surface area is 123 Å². The van der Waals surface area contributed by atoms with Crippen LogP contribution in [-0.4, -0.2) is 28.6 Å². The minimum Gasteiger partial charge on any atom is -0.355 e. The lowest BCUT2D eigenvalue weighted by atomic mass is 9.94. The zero-order chi connectivity index (χ0) is 14.6. The van der Waals surface area contributed by atoms with Crippen LogP contribution in [0.15, 0.2) is 12.4 Å². The molecule has 0 aliphatic heterocycles. The average Bonchev–Trinajstić information content (AvgIpc) is 2.45. The second kappa shape index (κ2) is 6.53. The third kappa shape index (κ3) is 4.44. The van der Waals surface area contributed by atoms with Crippen molar-refractivity contribution in [1.82, 2.24) is 15.3 Å². The van der Waals surface area contributed by atoms with Gasteiger partial charge in [0.1, 0.15) is 5.82 Å². The van der Waals surface area contributed by atoms with E-state index in [-0.39, 0.29) is 5.54 Å². The van der Waals surface area contributed by atoms with E-state index in [2.05, 4.69) is 48.0 Å². The maximum Gasteiger partial charge on any atom is 0.147 e. The largest absolute Gasteiger partial charge is 0.355 e. The minimum atomic E-state index is 0.110. The van der Waals surface area contributed by atoms with Crippen LogP contribution in [0.3, 0.4) is 0 Å². The van der Waals surface area contributed by atoms with Gasteiger partial charge in [0.2, 0.25) is 0 Å². The van der Waals surface area contributed by atoms with Crippen molar-refractivity contribution < 1.29 is 0 Å². The molecule has 0 spiro atoms. The summed E-state index contributed by atoms with van der Waals surface area (Å²) in [7, 11) is 2.15. The lowest BCUT2D eigenvalue weighted by molar-refractivity contribution is 0.419. The molecule has 0 bridgehead atoms. The molecule has 0 radical (unpaired) electrons. The van der Waals surface area contributed by atoms with Gasteiger partial charge >= 0.3 is 0 Å². The molecular formula is C16H28N4. The topological polar surface area (TPSA) is 41.1 Å². The van der Waals surface area contributed by atoms with Gasteiger partial charge in [-0.05, 0) is 33.6 Å². The monoisotopic (exact) mass is 276 g/mol. The van der Waals surface area contributed by atoms with Crippen molar-refractivity contribution >= 4 is 5.82 Å². The fraction of sp³-hybridized carbons (Fsp3) is 0.750. The smallest absolute Gasteiger partial charge is 0.147 e. The van der Waals surface area contributed by atoms with Gasteiger partial charge < -0.3 is 10.2 Å². The van der Waals surface area contributed by atoms with Crippen molar-refractivity contribution in [3.63, 3.8) is 0 Å². The Hall–Kier alpha value is -1.16. The van der Waals surface area contributed by atoms with Crippen LogP contribution >= 0.6 is 0 Å². The van der Waals surface area contributed by atoms with Crippen LogP contribution in [0.2, 0.25) is 0 Å². The molecule has 20 heavy (non-hydrogen) atoms. The minimum absolute atomic E-state index is 0.110. The summed E-state index contributed by atoms with van der Waals surface area (Å²) in [5.41, 5.74) is 1.11. The van der Waals surface area contributed by atoms with Crippen LogP contribution < -0.4 is 10.2 Å². The maximum absolute atomic E-state index is 4.58. The first-order valence-electron chi connectivity index (χ1n) is 7.74. The molecule has 0 unspecified atom stereocenters. The molecule has 4 heteroatoms. The highest BCUT2D eigenvalue weighted by Gasteiger charge is 2.19. The molecule has 0 atom stereocenters. The molecule has 4 nitrogen and oxygen atoms in total. The Balaban J connectivity index is 1.93. The molecule has 1 fully saturated rings. The van der Waals surface area contributed by atoms with Crippen molar-refractivity contribution in [3.05, 3.63) is 18.1 Å². The number of anilines is 1. The number of rotatable bonds is 4. The Bertz CT molecular complexity index is 401. The van der Waals surface area contributed by atoms with Gasteiger partial charge in [0.25, 0.3) is 0 Å². The summed E-state index contributed by atoms with van der Waals surface area (Å²) in [5.74, 6) is 0.997. The van der Waals surface area contributed by atoms with Crippen LogP contribution in [-0.2, 0) is 6.54 Å². The summed E-state index contributed by atoms with van der Waals surface area (Å²) in [5, 5.41) is 3.43. The first kappa shape index (κ1) is 15.2. The van der Waals surface area contributed by atoms with Gasteiger partial charge in [0.05, 0.1) is 18.1 Å². The molecule has 1 aliphatic rings. The summed E-state index contributed by atoms with van der Waals surface area (Å²) in [6.07, 6.45) is 10.4. The van der Waals surface area contributed by atoms with Gasteiger partial charge in [-0.15, -0.1) is 0 Å². The summed E-state index contributed by atoms with van der Waals surface area (Å²) in [4.78, 5) is 11.4. The van der Waals surface area contributed by atoms with Crippen molar-refractivity contribution in [2.75, 3.05) is 11.9 Å². The van der Waals surface area contributed by atoms with E-state index in [4.69, 9.17) is 0 Å².